The van der Waals surface area contributed by atoms with Gasteiger partial charge in [0.1, 0.15) is 5.76 Å². The standard InChI is InChI=1S/C11H15N5O2/c1-8(10-3-2-6-18-10)13-11(17)9-7-16(5-4-12)15-14-9/h2-3,6-8H,4-5,12H2,1H3,(H,13,17)/t8-/m0/s1. The molecular weight excluding hydrogens is 234 g/mol. The number of carbonyl (C=O) groups excluding carboxylic acids is 1. The summed E-state index contributed by atoms with van der Waals surface area (Å²) in [6.07, 6.45) is 3.13. The Morgan fingerprint density at radius 3 is 3.17 bits per heavy atom. The number of carbonyl (C=O) groups is 1. The quantitative estimate of drug-likeness (QED) is 0.795. The Balaban J connectivity index is 1.98. The highest BCUT2D eigenvalue weighted by Crippen LogP contribution is 2.12. The van der Waals surface area contributed by atoms with Crippen LogP contribution in [0.1, 0.15) is 29.2 Å². The third-order valence-corrected chi connectivity index (χ3v) is 2.45. The van der Waals surface area contributed by atoms with Crippen LogP contribution in [0.15, 0.2) is 29.0 Å². The second kappa shape index (κ2) is 5.46. The number of rotatable bonds is 5. The van der Waals surface area contributed by atoms with Gasteiger partial charge in [0, 0.05) is 6.54 Å². The third-order valence-electron chi connectivity index (χ3n) is 2.45. The van der Waals surface area contributed by atoms with E-state index in [0.717, 1.165) is 0 Å². The Morgan fingerprint density at radius 2 is 2.50 bits per heavy atom. The molecule has 2 aromatic rings. The second-order valence-corrected chi connectivity index (χ2v) is 3.87. The Kier molecular flexibility index (Phi) is 3.73. The molecule has 0 fully saturated rings. The fraction of sp³-hybridized carbons (Fsp3) is 0.364. The predicted octanol–water partition coefficient (Wildman–Crippen LogP) is 0.321. The molecule has 2 heterocycles. The van der Waals surface area contributed by atoms with Crippen molar-refractivity contribution in [3.63, 3.8) is 0 Å². The summed E-state index contributed by atoms with van der Waals surface area (Å²) in [5, 5.41) is 10.4. The molecule has 2 aromatic heterocycles. The summed E-state index contributed by atoms with van der Waals surface area (Å²) in [6.45, 7) is 2.82. The minimum atomic E-state index is -0.290. The van der Waals surface area contributed by atoms with E-state index in [2.05, 4.69) is 15.6 Å². The van der Waals surface area contributed by atoms with Gasteiger partial charge < -0.3 is 15.5 Å². The maximum absolute atomic E-state index is 11.9. The highest BCUT2D eigenvalue weighted by Gasteiger charge is 2.15. The van der Waals surface area contributed by atoms with Crippen molar-refractivity contribution in [1.29, 1.82) is 0 Å². The van der Waals surface area contributed by atoms with E-state index >= 15 is 0 Å². The number of nitrogens with zero attached hydrogens (tertiary/aromatic N) is 3. The molecule has 0 radical (unpaired) electrons. The van der Waals surface area contributed by atoms with Gasteiger partial charge in [-0.2, -0.15) is 0 Å². The number of nitrogens with two attached hydrogens (primary N) is 1. The minimum Gasteiger partial charge on any atom is -0.467 e. The number of amides is 1. The van der Waals surface area contributed by atoms with Crippen molar-refractivity contribution in [2.45, 2.75) is 19.5 Å². The summed E-state index contributed by atoms with van der Waals surface area (Å²) < 4.78 is 6.74. The van der Waals surface area contributed by atoms with Crippen molar-refractivity contribution in [2.24, 2.45) is 5.73 Å². The average molecular weight is 249 g/mol. The van der Waals surface area contributed by atoms with Gasteiger partial charge in [-0.05, 0) is 19.1 Å². The van der Waals surface area contributed by atoms with Crippen molar-refractivity contribution < 1.29 is 9.21 Å². The molecule has 0 bridgehead atoms. The SMILES string of the molecule is C[C@H](NC(=O)c1cn(CCN)nn1)c1ccco1. The van der Waals surface area contributed by atoms with Crippen LogP contribution >= 0.6 is 0 Å². The molecule has 96 valence electrons. The van der Waals surface area contributed by atoms with Crippen LogP contribution in [0.3, 0.4) is 0 Å². The number of hydrogen-bond donors (Lipinski definition) is 2. The summed E-state index contributed by atoms with van der Waals surface area (Å²) in [4.78, 5) is 11.9. The summed E-state index contributed by atoms with van der Waals surface area (Å²) in [5.41, 5.74) is 5.65. The lowest BCUT2D eigenvalue weighted by Gasteiger charge is -2.09. The molecule has 0 aliphatic carbocycles. The van der Waals surface area contributed by atoms with Gasteiger partial charge in [-0.3, -0.25) is 9.48 Å². The van der Waals surface area contributed by atoms with Crippen molar-refractivity contribution in [2.75, 3.05) is 6.54 Å². The Morgan fingerprint density at radius 1 is 1.67 bits per heavy atom. The van der Waals surface area contributed by atoms with Gasteiger partial charge in [0.25, 0.3) is 5.91 Å². The van der Waals surface area contributed by atoms with Crippen LogP contribution in [0.2, 0.25) is 0 Å². The highest BCUT2D eigenvalue weighted by molar-refractivity contribution is 5.92. The van der Waals surface area contributed by atoms with Gasteiger partial charge in [0.15, 0.2) is 5.69 Å². The van der Waals surface area contributed by atoms with Crippen LogP contribution in [0.5, 0.6) is 0 Å². The van der Waals surface area contributed by atoms with Crippen molar-refractivity contribution in [1.82, 2.24) is 20.3 Å². The topological polar surface area (TPSA) is 99.0 Å². The van der Waals surface area contributed by atoms with E-state index in [1.54, 1.807) is 24.6 Å². The van der Waals surface area contributed by atoms with Gasteiger partial charge in [-0.1, -0.05) is 5.21 Å². The number of aromatic nitrogens is 3. The molecule has 2 rings (SSSR count). The van der Waals surface area contributed by atoms with E-state index in [1.165, 1.54) is 4.68 Å². The molecule has 1 atom stereocenters. The minimum absolute atomic E-state index is 0.216. The fourth-order valence-corrected chi connectivity index (χ4v) is 1.52. The molecule has 0 aliphatic heterocycles. The molecule has 1 amide bonds. The summed E-state index contributed by atoms with van der Waals surface area (Å²) in [5.74, 6) is 0.403. The number of hydrogen-bond acceptors (Lipinski definition) is 5. The lowest BCUT2D eigenvalue weighted by atomic mass is 10.2. The molecule has 0 aromatic carbocycles. The van der Waals surface area contributed by atoms with E-state index in [4.69, 9.17) is 10.2 Å². The number of nitrogens with one attached hydrogen (secondary N) is 1. The van der Waals surface area contributed by atoms with E-state index < -0.39 is 0 Å². The Bertz CT molecular complexity index is 505. The molecular formula is C11H15N5O2. The predicted molar refractivity (Wildman–Crippen MR) is 63.7 cm³/mol. The molecule has 7 heteroatoms. The second-order valence-electron chi connectivity index (χ2n) is 3.87. The normalized spacial score (nSPS) is 12.3. The Labute approximate surface area is 104 Å². The maximum atomic E-state index is 11.9. The smallest absolute Gasteiger partial charge is 0.274 e. The van der Waals surface area contributed by atoms with E-state index in [1.807, 2.05) is 6.92 Å². The Hall–Kier alpha value is -2.15. The largest absolute Gasteiger partial charge is 0.467 e. The van der Waals surface area contributed by atoms with Gasteiger partial charge in [0.05, 0.1) is 25.0 Å². The first kappa shape index (κ1) is 12.3. The lowest BCUT2D eigenvalue weighted by Crippen LogP contribution is -2.26. The fourth-order valence-electron chi connectivity index (χ4n) is 1.52. The van der Waals surface area contributed by atoms with E-state index in [9.17, 15) is 4.79 Å². The first-order valence-corrected chi connectivity index (χ1v) is 5.65. The summed E-state index contributed by atoms with van der Waals surface area (Å²) >= 11 is 0. The molecule has 3 N–H and O–H groups in total. The van der Waals surface area contributed by atoms with Crippen molar-refractivity contribution in [3.8, 4) is 0 Å². The maximum Gasteiger partial charge on any atom is 0.274 e. The van der Waals surface area contributed by atoms with Crippen LogP contribution in [-0.4, -0.2) is 27.4 Å². The molecule has 0 aliphatic rings. The third kappa shape index (κ3) is 2.75. The van der Waals surface area contributed by atoms with Crippen LogP contribution in [0.25, 0.3) is 0 Å². The summed E-state index contributed by atoms with van der Waals surface area (Å²) in [6, 6.07) is 3.36. The van der Waals surface area contributed by atoms with Gasteiger partial charge >= 0.3 is 0 Å². The monoisotopic (exact) mass is 249 g/mol. The number of furan rings is 1. The van der Waals surface area contributed by atoms with E-state index in [0.29, 0.717) is 18.8 Å². The summed E-state index contributed by atoms with van der Waals surface area (Å²) in [7, 11) is 0. The molecule has 0 unspecified atom stereocenters. The average Bonchev–Trinajstić information content (AvgIpc) is 3.00. The van der Waals surface area contributed by atoms with Crippen molar-refractivity contribution in [3.05, 3.63) is 36.0 Å². The zero-order valence-electron chi connectivity index (χ0n) is 10.0. The first-order valence-electron chi connectivity index (χ1n) is 5.65. The van der Waals surface area contributed by atoms with Crippen LogP contribution in [0.4, 0.5) is 0 Å². The zero-order chi connectivity index (χ0) is 13.0. The lowest BCUT2D eigenvalue weighted by molar-refractivity contribution is 0.0930. The molecule has 18 heavy (non-hydrogen) atoms. The molecule has 0 saturated heterocycles. The van der Waals surface area contributed by atoms with Crippen LogP contribution in [0, 0.1) is 0 Å². The van der Waals surface area contributed by atoms with Gasteiger partial charge in [-0.25, -0.2) is 0 Å². The highest BCUT2D eigenvalue weighted by atomic mass is 16.3. The van der Waals surface area contributed by atoms with Gasteiger partial charge in [0.2, 0.25) is 0 Å². The zero-order valence-corrected chi connectivity index (χ0v) is 10.0. The van der Waals surface area contributed by atoms with Gasteiger partial charge in [-0.15, -0.1) is 5.10 Å². The molecule has 7 nitrogen and oxygen atoms in total. The van der Waals surface area contributed by atoms with Crippen molar-refractivity contribution >= 4 is 5.91 Å². The molecule has 0 spiro atoms. The molecule has 0 saturated carbocycles. The van der Waals surface area contributed by atoms with Crippen LogP contribution < -0.4 is 11.1 Å². The first-order chi connectivity index (χ1) is 8.70. The van der Waals surface area contributed by atoms with E-state index in [-0.39, 0.29) is 17.6 Å². The van der Waals surface area contributed by atoms with Crippen LogP contribution in [-0.2, 0) is 6.54 Å².